The molecule has 102 valence electrons. The number of nitrogens with two attached hydrogens (primary N) is 1. The molecular formula is C14H19N3OS. The fourth-order valence-corrected chi connectivity index (χ4v) is 2.87. The smallest absolute Gasteiger partial charge is 0.231 e. The number of fused-ring (bicyclic) bond motifs is 1. The van der Waals surface area contributed by atoms with E-state index < -0.39 is 5.41 Å². The van der Waals surface area contributed by atoms with E-state index in [1.165, 1.54) is 0 Å². The van der Waals surface area contributed by atoms with Gasteiger partial charge >= 0.3 is 0 Å². The Morgan fingerprint density at radius 2 is 2.16 bits per heavy atom. The van der Waals surface area contributed by atoms with Gasteiger partial charge in [0.15, 0.2) is 0 Å². The summed E-state index contributed by atoms with van der Waals surface area (Å²) in [5.41, 5.74) is 8.89. The van der Waals surface area contributed by atoms with Crippen LogP contribution < -0.4 is 11.1 Å². The van der Waals surface area contributed by atoms with Crippen LogP contribution in [0.25, 0.3) is 10.2 Å². The lowest BCUT2D eigenvalue weighted by molar-refractivity contribution is -0.125. The SMILES string of the molecule is CCC(CC)(CN)C(=O)Nc1ccc2ncsc2c1. The standard InChI is InChI=1S/C14H19N3OS/c1-3-14(4-2,8-15)13(18)17-10-5-6-11-12(7-10)19-9-16-11/h5-7,9H,3-4,8,15H2,1-2H3,(H,17,18). The highest BCUT2D eigenvalue weighted by Gasteiger charge is 2.33. The number of thiazole rings is 1. The number of nitrogens with zero attached hydrogens (tertiary/aromatic N) is 1. The Morgan fingerprint density at radius 1 is 1.42 bits per heavy atom. The van der Waals surface area contributed by atoms with E-state index in [0.717, 1.165) is 28.7 Å². The van der Waals surface area contributed by atoms with Crippen molar-refractivity contribution in [3.05, 3.63) is 23.7 Å². The summed E-state index contributed by atoms with van der Waals surface area (Å²) in [6, 6.07) is 5.76. The minimum Gasteiger partial charge on any atom is -0.329 e. The lowest BCUT2D eigenvalue weighted by Crippen LogP contribution is -2.41. The van der Waals surface area contributed by atoms with Gasteiger partial charge < -0.3 is 11.1 Å². The number of anilines is 1. The predicted molar refractivity (Wildman–Crippen MR) is 80.3 cm³/mol. The van der Waals surface area contributed by atoms with Gasteiger partial charge in [-0.2, -0.15) is 0 Å². The highest BCUT2D eigenvalue weighted by Crippen LogP contribution is 2.28. The molecule has 4 nitrogen and oxygen atoms in total. The van der Waals surface area contributed by atoms with Crippen molar-refractivity contribution in [1.82, 2.24) is 4.98 Å². The Hall–Kier alpha value is -1.46. The Balaban J connectivity index is 2.21. The normalized spacial score (nSPS) is 11.7. The zero-order chi connectivity index (χ0) is 13.9. The van der Waals surface area contributed by atoms with Crippen LogP contribution >= 0.6 is 11.3 Å². The highest BCUT2D eigenvalue weighted by atomic mass is 32.1. The van der Waals surface area contributed by atoms with Gasteiger partial charge in [-0.05, 0) is 31.0 Å². The van der Waals surface area contributed by atoms with Crippen LogP contribution in [0.2, 0.25) is 0 Å². The third-order valence-electron chi connectivity index (χ3n) is 3.82. The molecule has 0 saturated carbocycles. The molecule has 19 heavy (non-hydrogen) atoms. The average Bonchev–Trinajstić information content (AvgIpc) is 2.89. The molecule has 0 saturated heterocycles. The molecule has 0 aliphatic heterocycles. The number of aromatic nitrogens is 1. The maximum absolute atomic E-state index is 12.4. The molecule has 1 amide bonds. The summed E-state index contributed by atoms with van der Waals surface area (Å²) in [4.78, 5) is 16.6. The van der Waals surface area contributed by atoms with Crippen LogP contribution in [0.5, 0.6) is 0 Å². The van der Waals surface area contributed by atoms with Crippen LogP contribution in [0.15, 0.2) is 23.7 Å². The molecular weight excluding hydrogens is 258 g/mol. The van der Waals surface area contributed by atoms with Gasteiger partial charge in [0, 0.05) is 12.2 Å². The number of amides is 1. The molecule has 0 fully saturated rings. The summed E-state index contributed by atoms with van der Waals surface area (Å²) in [5, 5.41) is 2.98. The van der Waals surface area contributed by atoms with Crippen molar-refractivity contribution in [3.8, 4) is 0 Å². The van der Waals surface area contributed by atoms with Gasteiger partial charge in [0.2, 0.25) is 5.91 Å². The Kier molecular flexibility index (Phi) is 4.17. The quantitative estimate of drug-likeness (QED) is 0.882. The minimum absolute atomic E-state index is 0.00358. The molecule has 1 heterocycles. The van der Waals surface area contributed by atoms with Crippen molar-refractivity contribution in [3.63, 3.8) is 0 Å². The summed E-state index contributed by atoms with van der Waals surface area (Å²) < 4.78 is 1.07. The van der Waals surface area contributed by atoms with E-state index >= 15 is 0 Å². The fourth-order valence-electron chi connectivity index (χ4n) is 2.15. The molecule has 0 unspecified atom stereocenters. The number of benzene rings is 1. The molecule has 2 aromatic rings. The maximum Gasteiger partial charge on any atom is 0.231 e. The van der Waals surface area contributed by atoms with Crippen LogP contribution in [-0.2, 0) is 4.79 Å². The molecule has 2 rings (SSSR count). The van der Waals surface area contributed by atoms with Gasteiger partial charge in [-0.15, -0.1) is 11.3 Å². The van der Waals surface area contributed by atoms with E-state index in [2.05, 4.69) is 10.3 Å². The summed E-state index contributed by atoms with van der Waals surface area (Å²) in [6.07, 6.45) is 1.49. The predicted octanol–water partition coefficient (Wildman–Crippen LogP) is 3.00. The molecule has 0 atom stereocenters. The third kappa shape index (κ3) is 2.62. The minimum atomic E-state index is -0.470. The maximum atomic E-state index is 12.4. The van der Waals surface area contributed by atoms with Crippen molar-refractivity contribution in [1.29, 1.82) is 0 Å². The molecule has 0 radical (unpaired) electrons. The van der Waals surface area contributed by atoms with Gasteiger partial charge in [0.1, 0.15) is 0 Å². The van der Waals surface area contributed by atoms with Crippen molar-refractivity contribution in [2.75, 3.05) is 11.9 Å². The largest absolute Gasteiger partial charge is 0.329 e. The van der Waals surface area contributed by atoms with E-state index in [-0.39, 0.29) is 5.91 Å². The van der Waals surface area contributed by atoms with Gasteiger partial charge in [-0.1, -0.05) is 13.8 Å². The van der Waals surface area contributed by atoms with E-state index in [0.29, 0.717) is 6.54 Å². The zero-order valence-electron chi connectivity index (χ0n) is 11.3. The number of hydrogen-bond acceptors (Lipinski definition) is 4. The number of carbonyl (C=O) groups is 1. The molecule has 1 aromatic heterocycles. The second-order valence-electron chi connectivity index (χ2n) is 4.68. The number of hydrogen-bond donors (Lipinski definition) is 2. The fraction of sp³-hybridized carbons (Fsp3) is 0.429. The van der Waals surface area contributed by atoms with Gasteiger partial charge in [0.05, 0.1) is 21.1 Å². The Labute approximate surface area is 117 Å². The molecule has 0 spiro atoms. The number of rotatable bonds is 5. The molecule has 1 aromatic carbocycles. The van der Waals surface area contributed by atoms with Gasteiger partial charge in [-0.25, -0.2) is 4.98 Å². The van der Waals surface area contributed by atoms with Crippen LogP contribution in [0.1, 0.15) is 26.7 Å². The van der Waals surface area contributed by atoms with Crippen molar-refractivity contribution in [2.24, 2.45) is 11.1 Å². The summed E-state index contributed by atoms with van der Waals surface area (Å²) in [5.74, 6) is 0.00358. The topological polar surface area (TPSA) is 68.0 Å². The summed E-state index contributed by atoms with van der Waals surface area (Å²) in [7, 11) is 0. The third-order valence-corrected chi connectivity index (χ3v) is 4.61. The first-order valence-corrected chi connectivity index (χ1v) is 7.38. The van der Waals surface area contributed by atoms with Crippen LogP contribution in [-0.4, -0.2) is 17.4 Å². The Morgan fingerprint density at radius 3 is 2.79 bits per heavy atom. The van der Waals surface area contributed by atoms with E-state index in [1.54, 1.807) is 16.8 Å². The van der Waals surface area contributed by atoms with Gasteiger partial charge in [0.25, 0.3) is 0 Å². The van der Waals surface area contributed by atoms with Gasteiger partial charge in [-0.3, -0.25) is 4.79 Å². The molecule has 0 aliphatic rings. The average molecular weight is 277 g/mol. The molecule has 5 heteroatoms. The van der Waals surface area contributed by atoms with Crippen LogP contribution in [0.4, 0.5) is 5.69 Å². The first kappa shape index (κ1) is 14.0. The van der Waals surface area contributed by atoms with Crippen molar-refractivity contribution in [2.45, 2.75) is 26.7 Å². The monoisotopic (exact) mass is 277 g/mol. The second kappa shape index (κ2) is 5.67. The second-order valence-corrected chi connectivity index (χ2v) is 5.57. The summed E-state index contributed by atoms with van der Waals surface area (Å²) in [6.45, 7) is 4.37. The van der Waals surface area contributed by atoms with E-state index in [9.17, 15) is 4.79 Å². The number of carbonyl (C=O) groups excluding carboxylic acids is 1. The van der Waals surface area contributed by atoms with Crippen LogP contribution in [0, 0.1) is 5.41 Å². The molecule has 0 bridgehead atoms. The van der Waals surface area contributed by atoms with E-state index in [1.807, 2.05) is 32.0 Å². The van der Waals surface area contributed by atoms with E-state index in [4.69, 9.17) is 5.73 Å². The Bertz CT molecular complexity index is 567. The zero-order valence-corrected chi connectivity index (χ0v) is 12.1. The van der Waals surface area contributed by atoms with Crippen molar-refractivity contribution >= 4 is 33.1 Å². The summed E-state index contributed by atoms with van der Waals surface area (Å²) >= 11 is 1.57. The lowest BCUT2D eigenvalue weighted by atomic mass is 9.81. The first-order valence-electron chi connectivity index (χ1n) is 6.50. The molecule has 3 N–H and O–H groups in total. The molecule has 0 aliphatic carbocycles. The number of nitrogens with one attached hydrogen (secondary N) is 1. The lowest BCUT2D eigenvalue weighted by Gasteiger charge is -2.28. The highest BCUT2D eigenvalue weighted by molar-refractivity contribution is 7.16. The van der Waals surface area contributed by atoms with Crippen LogP contribution in [0.3, 0.4) is 0 Å². The first-order chi connectivity index (χ1) is 9.15. The van der Waals surface area contributed by atoms with Crippen molar-refractivity contribution < 1.29 is 4.79 Å².